The molecule has 0 fully saturated rings. The largest absolute Gasteiger partial charge is 0.435 e. The fourth-order valence-corrected chi connectivity index (χ4v) is 1.37. The molecule has 0 aliphatic carbocycles. The zero-order valence-corrected chi connectivity index (χ0v) is 9.35. The van der Waals surface area contributed by atoms with Gasteiger partial charge < -0.3 is 11.5 Å². The Hall–Kier alpha value is -2.58. The van der Waals surface area contributed by atoms with Crippen LogP contribution in [0.2, 0.25) is 0 Å². The van der Waals surface area contributed by atoms with Crippen LogP contribution in [0.5, 0.6) is 0 Å². The van der Waals surface area contributed by atoms with E-state index in [1.54, 1.807) is 0 Å². The van der Waals surface area contributed by atoms with Crippen LogP contribution < -0.4 is 11.5 Å². The van der Waals surface area contributed by atoms with Crippen LogP contribution >= 0.6 is 0 Å². The summed E-state index contributed by atoms with van der Waals surface area (Å²) >= 11 is 0. The Bertz CT molecular complexity index is 634. The fraction of sp³-hybridized carbons (Fsp3) is 0.100. The molecular weight excluding hydrogens is 263 g/mol. The molecule has 0 saturated heterocycles. The van der Waals surface area contributed by atoms with Crippen LogP contribution in [-0.2, 0) is 6.18 Å². The second-order valence-corrected chi connectivity index (χ2v) is 3.62. The van der Waals surface area contributed by atoms with Crippen molar-refractivity contribution in [2.75, 3.05) is 5.73 Å². The highest BCUT2D eigenvalue weighted by Gasteiger charge is 2.33. The molecule has 0 bridgehead atoms. The number of carbonyl (C=O) groups excluding carboxylic acids is 1. The minimum absolute atomic E-state index is 0.0711. The van der Waals surface area contributed by atoms with E-state index in [0.717, 1.165) is 16.9 Å². The second-order valence-electron chi connectivity index (χ2n) is 3.62. The van der Waals surface area contributed by atoms with Crippen LogP contribution in [0.4, 0.5) is 18.9 Å². The van der Waals surface area contributed by atoms with Crippen molar-refractivity contribution in [1.82, 2.24) is 14.8 Å². The van der Waals surface area contributed by atoms with E-state index >= 15 is 0 Å². The van der Waals surface area contributed by atoms with Crippen LogP contribution in [0.25, 0.3) is 5.82 Å². The van der Waals surface area contributed by atoms with Gasteiger partial charge >= 0.3 is 6.18 Å². The summed E-state index contributed by atoms with van der Waals surface area (Å²) in [5.41, 5.74) is 9.49. The van der Waals surface area contributed by atoms with Crippen molar-refractivity contribution in [1.29, 1.82) is 0 Å². The molecule has 9 heteroatoms. The van der Waals surface area contributed by atoms with Gasteiger partial charge in [0.2, 0.25) is 0 Å². The first-order valence-corrected chi connectivity index (χ1v) is 4.98. The Kier molecular flexibility index (Phi) is 2.89. The van der Waals surface area contributed by atoms with Gasteiger partial charge in [0.05, 0.1) is 5.69 Å². The average molecular weight is 271 g/mol. The maximum Gasteiger partial charge on any atom is 0.435 e. The standard InChI is InChI=1S/C10H8F3N5O/c11-10(12,13)7-3-4-18(17-7)9-5(14)1-2-6(16-9)8(15)19/h1-4H,14H2,(H2,15,19). The van der Waals surface area contributed by atoms with E-state index in [1.807, 2.05) is 0 Å². The number of carbonyl (C=O) groups is 1. The Labute approximate surface area is 104 Å². The van der Waals surface area contributed by atoms with Crippen molar-refractivity contribution in [3.05, 3.63) is 35.8 Å². The van der Waals surface area contributed by atoms with Gasteiger partial charge in [0.1, 0.15) is 5.69 Å². The van der Waals surface area contributed by atoms with Crippen molar-refractivity contribution >= 4 is 11.6 Å². The van der Waals surface area contributed by atoms with Gasteiger partial charge in [-0.2, -0.15) is 18.3 Å². The third-order valence-electron chi connectivity index (χ3n) is 2.25. The molecule has 2 aromatic heterocycles. The molecule has 0 spiro atoms. The molecule has 2 heterocycles. The first kappa shape index (κ1) is 12.9. The molecule has 0 aliphatic rings. The summed E-state index contributed by atoms with van der Waals surface area (Å²) in [5, 5.41) is 3.31. The predicted octanol–water partition coefficient (Wildman–Crippen LogP) is 0.967. The van der Waals surface area contributed by atoms with Gasteiger partial charge in [0.25, 0.3) is 5.91 Å². The molecule has 100 valence electrons. The lowest BCUT2D eigenvalue weighted by Gasteiger charge is -2.06. The van der Waals surface area contributed by atoms with Crippen LogP contribution in [0, 0.1) is 0 Å². The number of hydrogen-bond acceptors (Lipinski definition) is 4. The fourth-order valence-electron chi connectivity index (χ4n) is 1.37. The van der Waals surface area contributed by atoms with Gasteiger partial charge in [-0.1, -0.05) is 0 Å². The highest BCUT2D eigenvalue weighted by Crippen LogP contribution is 2.28. The van der Waals surface area contributed by atoms with E-state index in [4.69, 9.17) is 11.5 Å². The van der Waals surface area contributed by atoms with Crippen LogP contribution in [-0.4, -0.2) is 20.7 Å². The molecule has 0 unspecified atom stereocenters. The topological polar surface area (TPSA) is 99.8 Å². The summed E-state index contributed by atoms with van der Waals surface area (Å²) in [6.45, 7) is 0. The van der Waals surface area contributed by atoms with E-state index in [9.17, 15) is 18.0 Å². The second kappa shape index (κ2) is 4.26. The zero-order chi connectivity index (χ0) is 14.2. The highest BCUT2D eigenvalue weighted by atomic mass is 19.4. The average Bonchev–Trinajstić information content (AvgIpc) is 2.78. The number of nitrogens with two attached hydrogens (primary N) is 2. The monoisotopic (exact) mass is 271 g/mol. The SMILES string of the molecule is NC(=O)c1ccc(N)c(-n2ccc(C(F)(F)F)n2)n1. The minimum Gasteiger partial charge on any atom is -0.396 e. The maximum absolute atomic E-state index is 12.4. The lowest BCUT2D eigenvalue weighted by molar-refractivity contribution is -0.141. The van der Waals surface area contributed by atoms with Crippen LogP contribution in [0.1, 0.15) is 16.2 Å². The molecule has 2 aromatic rings. The Morgan fingerprint density at radius 2 is 1.95 bits per heavy atom. The quantitative estimate of drug-likeness (QED) is 0.849. The number of rotatable bonds is 2. The van der Waals surface area contributed by atoms with Crippen molar-refractivity contribution in [3.63, 3.8) is 0 Å². The molecule has 0 radical (unpaired) electrons. The molecule has 0 aromatic carbocycles. The van der Waals surface area contributed by atoms with Gasteiger partial charge in [-0.25, -0.2) is 9.67 Å². The summed E-state index contributed by atoms with van der Waals surface area (Å²) in [5.74, 6) is -0.906. The van der Waals surface area contributed by atoms with Crippen molar-refractivity contribution in [2.24, 2.45) is 5.73 Å². The summed E-state index contributed by atoms with van der Waals surface area (Å²) in [6.07, 6.45) is -3.52. The van der Waals surface area contributed by atoms with E-state index in [0.29, 0.717) is 0 Å². The summed E-state index contributed by atoms with van der Waals surface area (Å²) in [4.78, 5) is 14.7. The number of nitrogens with zero attached hydrogens (tertiary/aromatic N) is 3. The van der Waals surface area contributed by atoms with E-state index < -0.39 is 17.8 Å². The number of anilines is 1. The molecule has 0 atom stereocenters. The number of alkyl halides is 3. The molecule has 4 N–H and O–H groups in total. The van der Waals surface area contributed by atoms with Crippen molar-refractivity contribution < 1.29 is 18.0 Å². The number of amides is 1. The normalized spacial score (nSPS) is 11.5. The first-order valence-electron chi connectivity index (χ1n) is 4.98. The van der Waals surface area contributed by atoms with Crippen molar-refractivity contribution in [2.45, 2.75) is 6.18 Å². The van der Waals surface area contributed by atoms with E-state index in [1.165, 1.54) is 12.1 Å². The number of hydrogen-bond donors (Lipinski definition) is 2. The Morgan fingerprint density at radius 1 is 1.26 bits per heavy atom. The molecule has 19 heavy (non-hydrogen) atoms. The van der Waals surface area contributed by atoms with Crippen LogP contribution in [0.3, 0.4) is 0 Å². The smallest absolute Gasteiger partial charge is 0.396 e. The van der Waals surface area contributed by atoms with Crippen LogP contribution in [0.15, 0.2) is 24.4 Å². The zero-order valence-electron chi connectivity index (χ0n) is 9.35. The third-order valence-corrected chi connectivity index (χ3v) is 2.25. The van der Waals surface area contributed by atoms with Gasteiger partial charge in [0.15, 0.2) is 11.5 Å². The molecular formula is C10H8F3N5O. The lowest BCUT2D eigenvalue weighted by atomic mass is 10.3. The van der Waals surface area contributed by atoms with Crippen molar-refractivity contribution in [3.8, 4) is 5.82 Å². The summed E-state index contributed by atoms with van der Waals surface area (Å²) < 4.78 is 38.1. The molecule has 0 aliphatic heterocycles. The summed E-state index contributed by atoms with van der Waals surface area (Å²) in [6, 6.07) is 3.37. The predicted molar refractivity (Wildman–Crippen MR) is 59.3 cm³/mol. The minimum atomic E-state index is -4.57. The first-order chi connectivity index (χ1) is 8.79. The number of nitrogen functional groups attached to an aromatic ring is 1. The molecule has 6 nitrogen and oxygen atoms in total. The van der Waals surface area contributed by atoms with E-state index in [2.05, 4.69) is 10.1 Å². The van der Waals surface area contributed by atoms with Gasteiger partial charge in [-0.15, -0.1) is 0 Å². The number of pyridine rings is 1. The molecule has 1 amide bonds. The highest BCUT2D eigenvalue weighted by molar-refractivity contribution is 5.91. The van der Waals surface area contributed by atoms with Gasteiger partial charge in [0, 0.05) is 6.20 Å². The maximum atomic E-state index is 12.4. The summed E-state index contributed by atoms with van der Waals surface area (Å²) in [7, 11) is 0. The molecule has 0 saturated carbocycles. The number of primary amides is 1. The van der Waals surface area contributed by atoms with E-state index in [-0.39, 0.29) is 17.2 Å². The molecule has 2 rings (SSSR count). The lowest BCUT2D eigenvalue weighted by Crippen LogP contribution is -2.16. The van der Waals surface area contributed by atoms with Gasteiger partial charge in [-0.3, -0.25) is 4.79 Å². The Balaban J connectivity index is 2.49. The Morgan fingerprint density at radius 3 is 2.47 bits per heavy atom. The number of aromatic nitrogens is 3. The number of halogens is 3. The van der Waals surface area contributed by atoms with Gasteiger partial charge in [-0.05, 0) is 18.2 Å². The third kappa shape index (κ3) is 2.49.